The summed E-state index contributed by atoms with van der Waals surface area (Å²) in [4.78, 5) is 14.5. The Bertz CT molecular complexity index is 453. The average molecular weight is 284 g/mol. The Balaban J connectivity index is 2.32. The lowest BCUT2D eigenvalue weighted by molar-refractivity contribution is 0.0533. The molecule has 0 unspecified atom stereocenters. The van der Waals surface area contributed by atoms with E-state index >= 15 is 0 Å². The number of ether oxygens (including phenoxy) is 2. The largest absolute Gasteiger partial charge is 0.492 e. The average Bonchev–Trinajstić information content (AvgIpc) is 2.77. The highest BCUT2D eigenvalue weighted by atomic mass is 32.1. The highest BCUT2D eigenvalue weighted by molar-refractivity contribution is 7.19. The number of hydrogen-bond acceptors (Lipinski definition) is 6. The number of anilines is 2. The summed E-state index contributed by atoms with van der Waals surface area (Å²) >= 11 is 1.37. The molecule has 1 aliphatic rings. The lowest BCUT2D eigenvalue weighted by Gasteiger charge is -2.27. The lowest BCUT2D eigenvalue weighted by Crippen LogP contribution is -2.28. The van der Waals surface area contributed by atoms with Crippen molar-refractivity contribution in [3.05, 3.63) is 4.88 Å². The van der Waals surface area contributed by atoms with Crippen molar-refractivity contribution in [1.82, 2.24) is 0 Å². The SMILES string of the molecule is CCOC(=O)c1sc(N2CCCCC2)c(OC)c1N. The highest BCUT2D eigenvalue weighted by Crippen LogP contribution is 2.45. The molecule has 1 aliphatic heterocycles. The number of rotatable bonds is 4. The van der Waals surface area contributed by atoms with Gasteiger partial charge in [-0.15, -0.1) is 11.3 Å². The molecular weight excluding hydrogens is 264 g/mol. The molecular formula is C13H20N2O3S. The second kappa shape index (κ2) is 6.14. The van der Waals surface area contributed by atoms with Gasteiger partial charge in [0.1, 0.15) is 15.6 Å². The van der Waals surface area contributed by atoms with Crippen LogP contribution in [-0.4, -0.2) is 32.8 Å². The first-order valence-electron chi connectivity index (χ1n) is 6.57. The van der Waals surface area contributed by atoms with E-state index in [1.807, 2.05) is 0 Å². The number of esters is 1. The monoisotopic (exact) mass is 284 g/mol. The van der Waals surface area contributed by atoms with Gasteiger partial charge in [-0.25, -0.2) is 4.79 Å². The zero-order valence-electron chi connectivity index (χ0n) is 11.4. The molecule has 0 aromatic carbocycles. The van der Waals surface area contributed by atoms with E-state index in [9.17, 15) is 4.79 Å². The molecule has 1 saturated heterocycles. The summed E-state index contributed by atoms with van der Waals surface area (Å²) in [6, 6.07) is 0. The van der Waals surface area contributed by atoms with Crippen molar-refractivity contribution in [3.8, 4) is 5.75 Å². The van der Waals surface area contributed by atoms with Crippen molar-refractivity contribution in [3.63, 3.8) is 0 Å². The number of hydrogen-bond donors (Lipinski definition) is 1. The summed E-state index contributed by atoms with van der Waals surface area (Å²) in [7, 11) is 1.58. The molecule has 0 radical (unpaired) electrons. The molecule has 0 spiro atoms. The van der Waals surface area contributed by atoms with Crippen molar-refractivity contribution >= 4 is 28.0 Å². The summed E-state index contributed by atoms with van der Waals surface area (Å²) in [5.74, 6) is 0.238. The minimum absolute atomic E-state index is 0.345. The van der Waals surface area contributed by atoms with Crippen LogP contribution in [0.15, 0.2) is 0 Å². The Kier molecular flexibility index (Phi) is 4.52. The number of carbonyl (C=O) groups excluding carboxylic acids is 1. The minimum atomic E-state index is -0.369. The zero-order valence-corrected chi connectivity index (χ0v) is 12.2. The van der Waals surface area contributed by atoms with Crippen LogP contribution in [0.5, 0.6) is 5.75 Å². The molecule has 1 aromatic rings. The highest BCUT2D eigenvalue weighted by Gasteiger charge is 2.26. The van der Waals surface area contributed by atoms with E-state index in [1.54, 1.807) is 14.0 Å². The third-order valence-corrected chi connectivity index (χ3v) is 4.42. The van der Waals surface area contributed by atoms with Crippen molar-refractivity contribution < 1.29 is 14.3 Å². The minimum Gasteiger partial charge on any atom is -0.492 e. The maximum atomic E-state index is 11.9. The van der Waals surface area contributed by atoms with Crippen LogP contribution in [0, 0.1) is 0 Å². The van der Waals surface area contributed by atoms with E-state index in [4.69, 9.17) is 15.2 Å². The lowest BCUT2D eigenvalue weighted by atomic mass is 10.1. The van der Waals surface area contributed by atoms with Crippen LogP contribution < -0.4 is 15.4 Å². The van der Waals surface area contributed by atoms with Crippen LogP contribution in [0.1, 0.15) is 35.9 Å². The third kappa shape index (κ3) is 2.78. The number of methoxy groups -OCH3 is 1. The van der Waals surface area contributed by atoms with Gasteiger partial charge in [0, 0.05) is 13.1 Å². The number of piperidine rings is 1. The second-order valence-corrected chi connectivity index (χ2v) is 5.45. The number of nitrogens with two attached hydrogens (primary N) is 1. The molecule has 0 amide bonds. The van der Waals surface area contributed by atoms with Crippen LogP contribution in [0.4, 0.5) is 10.7 Å². The first-order valence-corrected chi connectivity index (χ1v) is 7.39. The molecule has 6 heteroatoms. The quantitative estimate of drug-likeness (QED) is 0.861. The van der Waals surface area contributed by atoms with Crippen LogP contribution in [0.2, 0.25) is 0 Å². The van der Waals surface area contributed by atoms with Crippen LogP contribution in [0.3, 0.4) is 0 Å². The number of carbonyl (C=O) groups is 1. The topological polar surface area (TPSA) is 64.8 Å². The summed E-state index contributed by atoms with van der Waals surface area (Å²) in [6.45, 7) is 4.10. The predicted molar refractivity (Wildman–Crippen MR) is 77.3 cm³/mol. The van der Waals surface area contributed by atoms with Gasteiger partial charge in [-0.3, -0.25) is 0 Å². The van der Waals surface area contributed by atoms with Crippen LogP contribution in [-0.2, 0) is 4.74 Å². The van der Waals surface area contributed by atoms with Crippen molar-refractivity contribution in [2.75, 3.05) is 37.4 Å². The van der Waals surface area contributed by atoms with Gasteiger partial charge in [-0.05, 0) is 26.2 Å². The van der Waals surface area contributed by atoms with Crippen molar-refractivity contribution in [2.24, 2.45) is 0 Å². The van der Waals surface area contributed by atoms with Crippen LogP contribution >= 0.6 is 11.3 Å². The van der Waals surface area contributed by atoms with Gasteiger partial charge in [-0.2, -0.15) is 0 Å². The Morgan fingerprint density at radius 3 is 2.63 bits per heavy atom. The zero-order chi connectivity index (χ0) is 13.8. The Morgan fingerprint density at radius 2 is 2.05 bits per heavy atom. The van der Waals surface area contributed by atoms with Gasteiger partial charge in [0.2, 0.25) is 0 Å². The maximum Gasteiger partial charge on any atom is 0.350 e. The van der Waals surface area contributed by atoms with E-state index in [0.29, 0.717) is 22.9 Å². The molecule has 19 heavy (non-hydrogen) atoms. The number of nitrogens with zero attached hydrogens (tertiary/aromatic N) is 1. The Hall–Kier alpha value is -1.43. The van der Waals surface area contributed by atoms with Crippen LogP contribution in [0.25, 0.3) is 0 Å². The predicted octanol–water partition coefficient (Wildman–Crippen LogP) is 2.51. The molecule has 0 bridgehead atoms. The van der Waals surface area contributed by atoms with Gasteiger partial charge in [-0.1, -0.05) is 0 Å². The maximum absolute atomic E-state index is 11.9. The normalized spacial score (nSPS) is 15.4. The third-order valence-electron chi connectivity index (χ3n) is 3.19. The van der Waals surface area contributed by atoms with E-state index in [2.05, 4.69) is 4.90 Å². The van der Waals surface area contributed by atoms with Gasteiger partial charge in [0.05, 0.1) is 13.7 Å². The molecule has 2 rings (SSSR count). The van der Waals surface area contributed by atoms with Crippen molar-refractivity contribution in [1.29, 1.82) is 0 Å². The van der Waals surface area contributed by atoms with Gasteiger partial charge >= 0.3 is 5.97 Å². The Labute approximate surface area is 117 Å². The first kappa shape index (κ1) is 14.0. The van der Waals surface area contributed by atoms with Crippen molar-refractivity contribution in [2.45, 2.75) is 26.2 Å². The molecule has 0 saturated carbocycles. The fourth-order valence-electron chi connectivity index (χ4n) is 2.27. The molecule has 0 aliphatic carbocycles. The summed E-state index contributed by atoms with van der Waals surface area (Å²) in [6.07, 6.45) is 3.58. The standard InChI is InChI=1S/C13H20N2O3S/c1-3-18-13(16)11-9(14)10(17-2)12(19-11)15-7-5-4-6-8-15/h3-8,14H2,1-2H3. The van der Waals surface area contributed by atoms with E-state index in [0.717, 1.165) is 30.9 Å². The Morgan fingerprint density at radius 1 is 1.37 bits per heavy atom. The molecule has 2 heterocycles. The fourth-order valence-corrected chi connectivity index (χ4v) is 3.40. The molecule has 1 fully saturated rings. The summed E-state index contributed by atoms with van der Waals surface area (Å²) in [5.41, 5.74) is 6.41. The first-order chi connectivity index (χ1) is 9.19. The molecule has 106 valence electrons. The van der Waals surface area contributed by atoms with E-state index < -0.39 is 0 Å². The summed E-state index contributed by atoms with van der Waals surface area (Å²) < 4.78 is 10.4. The van der Waals surface area contributed by atoms with Gasteiger partial charge in [0.15, 0.2) is 5.75 Å². The smallest absolute Gasteiger partial charge is 0.350 e. The second-order valence-electron chi connectivity index (χ2n) is 4.45. The van der Waals surface area contributed by atoms with E-state index in [-0.39, 0.29) is 5.97 Å². The van der Waals surface area contributed by atoms with E-state index in [1.165, 1.54) is 17.8 Å². The van der Waals surface area contributed by atoms with Gasteiger partial charge < -0.3 is 20.1 Å². The number of nitrogen functional groups attached to an aromatic ring is 1. The molecule has 5 nitrogen and oxygen atoms in total. The molecule has 1 aromatic heterocycles. The molecule has 0 atom stereocenters. The molecule has 2 N–H and O–H groups in total. The van der Waals surface area contributed by atoms with Gasteiger partial charge in [0.25, 0.3) is 0 Å². The fraction of sp³-hybridized carbons (Fsp3) is 0.615. The summed E-state index contributed by atoms with van der Waals surface area (Å²) in [5, 5.41) is 0.947. The number of thiophene rings is 1.